The summed E-state index contributed by atoms with van der Waals surface area (Å²) in [4.78, 5) is 22.0. The summed E-state index contributed by atoms with van der Waals surface area (Å²) in [6.45, 7) is 0. The smallest absolute Gasteiger partial charge is 0.253 e. The van der Waals surface area contributed by atoms with E-state index in [0.29, 0.717) is 17.1 Å². The molecule has 4 rings (SSSR count). The van der Waals surface area contributed by atoms with Crippen molar-refractivity contribution < 1.29 is 4.79 Å². The van der Waals surface area contributed by atoms with Crippen LogP contribution in [0.4, 0.5) is 0 Å². The van der Waals surface area contributed by atoms with Gasteiger partial charge in [0.1, 0.15) is 5.52 Å². The lowest BCUT2D eigenvalue weighted by atomic mass is 9.95. The van der Waals surface area contributed by atoms with Crippen LogP contribution < -0.4 is 5.32 Å². The van der Waals surface area contributed by atoms with Crippen LogP contribution in [0.25, 0.3) is 22.1 Å². The molecule has 1 amide bonds. The van der Waals surface area contributed by atoms with Crippen LogP contribution in [0.5, 0.6) is 0 Å². The molecule has 1 fully saturated rings. The third-order valence-corrected chi connectivity index (χ3v) is 4.55. The van der Waals surface area contributed by atoms with E-state index < -0.39 is 0 Å². The maximum absolute atomic E-state index is 12.7. The lowest BCUT2D eigenvalue weighted by Gasteiger charge is -2.22. The molecule has 1 N–H and O–H groups in total. The highest BCUT2D eigenvalue weighted by Gasteiger charge is 2.19. The molecule has 1 aromatic heterocycles. The van der Waals surface area contributed by atoms with Crippen LogP contribution in [0.15, 0.2) is 42.5 Å². The predicted octanol–water partition coefficient (Wildman–Crippen LogP) is 3.85. The minimum atomic E-state index is -0.0351. The van der Waals surface area contributed by atoms with Crippen LogP contribution in [0, 0.1) is 0 Å². The predicted molar refractivity (Wildman–Crippen MR) is 91.4 cm³/mol. The summed E-state index contributed by atoms with van der Waals surface area (Å²) in [5, 5.41) is 3.17. The van der Waals surface area contributed by atoms with Crippen LogP contribution in [-0.4, -0.2) is 21.9 Å². The van der Waals surface area contributed by atoms with E-state index in [-0.39, 0.29) is 5.91 Å². The Kier molecular flexibility index (Phi) is 3.66. The second kappa shape index (κ2) is 5.95. The van der Waals surface area contributed by atoms with Gasteiger partial charge in [-0.2, -0.15) is 0 Å². The summed E-state index contributed by atoms with van der Waals surface area (Å²) in [5.74, 6) is -0.0351. The first-order valence-corrected chi connectivity index (χ1v) is 8.28. The highest BCUT2D eigenvalue weighted by molar-refractivity contribution is 6.06. The zero-order valence-corrected chi connectivity index (χ0v) is 13.0. The van der Waals surface area contributed by atoms with Crippen LogP contribution in [0.2, 0.25) is 0 Å². The van der Waals surface area contributed by atoms with Gasteiger partial charge in [0.05, 0.1) is 22.1 Å². The molecule has 1 saturated carbocycles. The number of fused-ring (bicyclic) bond motifs is 2. The SMILES string of the molecule is O=C(NC1CCCCC1)c1cccc2nc3ccccc3nc12. The molecular weight excluding hydrogens is 286 g/mol. The van der Waals surface area contributed by atoms with E-state index in [2.05, 4.69) is 15.3 Å². The number of nitrogens with one attached hydrogen (secondary N) is 1. The molecule has 0 unspecified atom stereocenters. The zero-order chi connectivity index (χ0) is 15.6. The Balaban J connectivity index is 1.73. The number of hydrogen-bond acceptors (Lipinski definition) is 3. The monoisotopic (exact) mass is 305 g/mol. The van der Waals surface area contributed by atoms with Gasteiger partial charge in [0.25, 0.3) is 5.91 Å². The van der Waals surface area contributed by atoms with Crippen molar-refractivity contribution in [1.82, 2.24) is 15.3 Å². The van der Waals surface area contributed by atoms with Crippen molar-refractivity contribution in [1.29, 1.82) is 0 Å². The summed E-state index contributed by atoms with van der Waals surface area (Å²) < 4.78 is 0. The first-order valence-electron chi connectivity index (χ1n) is 8.28. The topological polar surface area (TPSA) is 54.9 Å². The summed E-state index contributed by atoms with van der Waals surface area (Å²) in [7, 11) is 0. The number of para-hydroxylation sites is 3. The summed E-state index contributed by atoms with van der Waals surface area (Å²) in [6, 6.07) is 13.7. The van der Waals surface area contributed by atoms with E-state index in [1.165, 1.54) is 19.3 Å². The molecular formula is C19H19N3O. The average Bonchev–Trinajstić information content (AvgIpc) is 2.60. The van der Waals surface area contributed by atoms with Crippen LogP contribution >= 0.6 is 0 Å². The van der Waals surface area contributed by atoms with E-state index in [9.17, 15) is 4.79 Å². The fraction of sp³-hybridized carbons (Fsp3) is 0.316. The zero-order valence-electron chi connectivity index (χ0n) is 13.0. The standard InChI is InChI=1S/C19H19N3O/c23-19(20-13-7-2-1-3-8-13)14-9-6-12-17-18(14)22-16-11-5-4-10-15(16)21-17/h4-6,9-13H,1-3,7-8H2,(H,20,23). The first kappa shape index (κ1) is 14.1. The molecule has 1 heterocycles. The molecule has 1 aliphatic carbocycles. The van der Waals surface area contributed by atoms with Crippen molar-refractivity contribution in [3.8, 4) is 0 Å². The molecule has 0 aliphatic heterocycles. The largest absolute Gasteiger partial charge is 0.349 e. The first-order chi connectivity index (χ1) is 11.3. The van der Waals surface area contributed by atoms with Gasteiger partial charge >= 0.3 is 0 Å². The number of amides is 1. The molecule has 2 aromatic carbocycles. The molecule has 0 atom stereocenters. The second-order valence-electron chi connectivity index (χ2n) is 6.19. The van der Waals surface area contributed by atoms with Gasteiger partial charge in [-0.1, -0.05) is 37.5 Å². The highest BCUT2D eigenvalue weighted by Crippen LogP contribution is 2.21. The van der Waals surface area contributed by atoms with Gasteiger partial charge in [0, 0.05) is 6.04 Å². The van der Waals surface area contributed by atoms with E-state index in [1.54, 1.807) is 0 Å². The van der Waals surface area contributed by atoms with E-state index in [4.69, 9.17) is 0 Å². The minimum absolute atomic E-state index is 0.0351. The van der Waals surface area contributed by atoms with Gasteiger partial charge in [-0.05, 0) is 37.1 Å². The van der Waals surface area contributed by atoms with E-state index >= 15 is 0 Å². The van der Waals surface area contributed by atoms with E-state index in [1.807, 2.05) is 42.5 Å². The number of benzene rings is 2. The number of carbonyl (C=O) groups is 1. The molecule has 3 aromatic rings. The number of nitrogens with zero attached hydrogens (tertiary/aromatic N) is 2. The number of carbonyl (C=O) groups excluding carboxylic acids is 1. The Morgan fingerprint density at radius 2 is 1.57 bits per heavy atom. The normalized spacial score (nSPS) is 15.8. The summed E-state index contributed by atoms with van der Waals surface area (Å²) in [6.07, 6.45) is 5.82. The number of hydrogen-bond donors (Lipinski definition) is 1. The Hall–Kier alpha value is -2.49. The number of aromatic nitrogens is 2. The Labute approximate surface area is 134 Å². The molecule has 0 saturated heterocycles. The Bertz CT molecular complexity index is 869. The quantitative estimate of drug-likeness (QED) is 0.732. The van der Waals surface area contributed by atoms with Crippen molar-refractivity contribution >= 4 is 28.0 Å². The molecule has 116 valence electrons. The van der Waals surface area contributed by atoms with Gasteiger partial charge < -0.3 is 5.32 Å². The summed E-state index contributed by atoms with van der Waals surface area (Å²) in [5.41, 5.74) is 3.73. The van der Waals surface area contributed by atoms with Gasteiger partial charge in [-0.3, -0.25) is 4.79 Å². The second-order valence-corrected chi connectivity index (χ2v) is 6.19. The van der Waals surface area contributed by atoms with Crippen molar-refractivity contribution in [2.45, 2.75) is 38.1 Å². The maximum atomic E-state index is 12.7. The van der Waals surface area contributed by atoms with Gasteiger partial charge in [-0.25, -0.2) is 9.97 Å². The molecule has 23 heavy (non-hydrogen) atoms. The van der Waals surface area contributed by atoms with Crippen LogP contribution in [-0.2, 0) is 0 Å². The van der Waals surface area contributed by atoms with Crippen molar-refractivity contribution in [3.63, 3.8) is 0 Å². The lowest BCUT2D eigenvalue weighted by Crippen LogP contribution is -2.36. The maximum Gasteiger partial charge on any atom is 0.253 e. The average molecular weight is 305 g/mol. The van der Waals surface area contributed by atoms with Crippen molar-refractivity contribution in [3.05, 3.63) is 48.0 Å². The lowest BCUT2D eigenvalue weighted by molar-refractivity contribution is 0.0929. The third kappa shape index (κ3) is 2.77. The molecule has 0 radical (unpaired) electrons. The van der Waals surface area contributed by atoms with E-state index in [0.717, 1.165) is 29.4 Å². The molecule has 0 spiro atoms. The summed E-state index contributed by atoms with van der Waals surface area (Å²) >= 11 is 0. The van der Waals surface area contributed by atoms with Gasteiger partial charge in [-0.15, -0.1) is 0 Å². The minimum Gasteiger partial charge on any atom is -0.349 e. The Morgan fingerprint density at radius 1 is 0.870 bits per heavy atom. The van der Waals surface area contributed by atoms with Crippen LogP contribution in [0.1, 0.15) is 42.5 Å². The highest BCUT2D eigenvalue weighted by atomic mass is 16.1. The Morgan fingerprint density at radius 3 is 2.35 bits per heavy atom. The molecule has 4 heteroatoms. The molecule has 0 bridgehead atoms. The van der Waals surface area contributed by atoms with Crippen LogP contribution in [0.3, 0.4) is 0 Å². The molecule has 4 nitrogen and oxygen atoms in total. The van der Waals surface area contributed by atoms with Gasteiger partial charge in [0.15, 0.2) is 0 Å². The third-order valence-electron chi connectivity index (χ3n) is 4.55. The fourth-order valence-corrected chi connectivity index (χ4v) is 3.34. The van der Waals surface area contributed by atoms with Crippen molar-refractivity contribution in [2.24, 2.45) is 0 Å². The van der Waals surface area contributed by atoms with Crippen molar-refractivity contribution in [2.75, 3.05) is 0 Å². The number of rotatable bonds is 2. The fourth-order valence-electron chi connectivity index (χ4n) is 3.34. The van der Waals surface area contributed by atoms with Gasteiger partial charge in [0.2, 0.25) is 0 Å². The molecule has 1 aliphatic rings.